The Kier molecular flexibility index (Phi) is 4.14. The highest BCUT2D eigenvalue weighted by atomic mass is 35.5. The van der Waals surface area contributed by atoms with Gasteiger partial charge in [-0.1, -0.05) is 23.2 Å². The molecule has 0 radical (unpaired) electrons. The lowest BCUT2D eigenvalue weighted by Crippen LogP contribution is -2.18. The second-order valence-electron chi connectivity index (χ2n) is 5.71. The van der Waals surface area contributed by atoms with Crippen molar-refractivity contribution in [2.24, 2.45) is 0 Å². The Morgan fingerprint density at radius 3 is 2.69 bits per heavy atom. The minimum absolute atomic E-state index is 0.0331. The van der Waals surface area contributed by atoms with Gasteiger partial charge < -0.3 is 9.73 Å². The molecule has 4 aromatic rings. The zero-order valence-electron chi connectivity index (χ0n) is 13.2. The molecule has 2 aromatic heterocycles. The van der Waals surface area contributed by atoms with Gasteiger partial charge in [-0.25, -0.2) is 5.10 Å². The van der Waals surface area contributed by atoms with Gasteiger partial charge in [0, 0.05) is 16.5 Å². The third kappa shape index (κ3) is 3.05. The number of nitrogens with zero attached hydrogens (tertiary/aromatic N) is 1. The number of furan rings is 1. The van der Waals surface area contributed by atoms with Gasteiger partial charge in [-0.3, -0.25) is 9.59 Å². The van der Waals surface area contributed by atoms with Crippen molar-refractivity contribution in [2.75, 3.05) is 5.32 Å². The van der Waals surface area contributed by atoms with Crippen LogP contribution in [0.4, 0.5) is 5.69 Å². The fourth-order valence-corrected chi connectivity index (χ4v) is 3.08. The second kappa shape index (κ2) is 6.48. The van der Waals surface area contributed by atoms with Crippen molar-refractivity contribution >= 4 is 56.5 Å². The monoisotopic (exact) mass is 387 g/mol. The number of hydrogen-bond acceptors (Lipinski definition) is 4. The average molecular weight is 388 g/mol. The normalized spacial score (nSPS) is 11.2. The molecular weight excluding hydrogens is 377 g/mol. The fraction of sp³-hybridized carbons (Fsp3) is 0.0556. The van der Waals surface area contributed by atoms with E-state index < -0.39 is 5.56 Å². The summed E-state index contributed by atoms with van der Waals surface area (Å²) < 4.78 is 5.27. The predicted octanol–water partition coefficient (Wildman–Crippen LogP) is 4.16. The summed E-state index contributed by atoms with van der Waals surface area (Å²) in [6.45, 7) is 0. The van der Waals surface area contributed by atoms with Gasteiger partial charge in [0.25, 0.3) is 5.56 Å². The molecule has 1 amide bonds. The Hall–Kier alpha value is -2.83. The molecule has 0 spiro atoms. The number of halogens is 2. The molecule has 2 heterocycles. The van der Waals surface area contributed by atoms with Crippen molar-refractivity contribution in [3.8, 4) is 0 Å². The van der Waals surface area contributed by atoms with E-state index in [-0.39, 0.29) is 17.4 Å². The van der Waals surface area contributed by atoms with E-state index in [9.17, 15) is 9.59 Å². The maximum atomic E-state index is 12.4. The Balaban J connectivity index is 1.64. The molecule has 2 aromatic carbocycles. The number of H-pyrrole nitrogens is 1. The minimum atomic E-state index is -0.395. The summed E-state index contributed by atoms with van der Waals surface area (Å²) in [7, 11) is 0. The lowest BCUT2D eigenvalue weighted by atomic mass is 10.1. The molecule has 6 nitrogen and oxygen atoms in total. The molecule has 0 bridgehead atoms. The van der Waals surface area contributed by atoms with Gasteiger partial charge in [0.05, 0.1) is 33.8 Å². The van der Waals surface area contributed by atoms with E-state index in [4.69, 9.17) is 27.6 Å². The Morgan fingerprint density at radius 1 is 1.12 bits per heavy atom. The van der Waals surface area contributed by atoms with Gasteiger partial charge in [-0.15, -0.1) is 0 Å². The van der Waals surface area contributed by atoms with E-state index in [0.717, 1.165) is 11.0 Å². The van der Waals surface area contributed by atoms with Gasteiger partial charge in [-0.2, -0.15) is 5.10 Å². The van der Waals surface area contributed by atoms with Gasteiger partial charge in [-0.05, 0) is 36.4 Å². The Labute approximate surface area is 156 Å². The zero-order chi connectivity index (χ0) is 18.3. The van der Waals surface area contributed by atoms with E-state index in [0.29, 0.717) is 27.2 Å². The summed E-state index contributed by atoms with van der Waals surface area (Å²) in [5.74, 6) is -0.278. The summed E-state index contributed by atoms with van der Waals surface area (Å²) in [6.07, 6.45) is 1.55. The van der Waals surface area contributed by atoms with E-state index in [1.165, 1.54) is 6.07 Å². The van der Waals surface area contributed by atoms with E-state index in [1.807, 2.05) is 12.1 Å². The summed E-state index contributed by atoms with van der Waals surface area (Å²) in [4.78, 5) is 24.4. The molecule has 0 saturated heterocycles. The third-order valence-electron chi connectivity index (χ3n) is 3.97. The first-order valence-electron chi connectivity index (χ1n) is 7.65. The van der Waals surface area contributed by atoms with Gasteiger partial charge in [0.1, 0.15) is 5.58 Å². The topological polar surface area (TPSA) is 88.0 Å². The van der Waals surface area contributed by atoms with Crippen LogP contribution in [0.1, 0.15) is 5.69 Å². The molecule has 130 valence electrons. The molecular formula is C18H11Cl2N3O3. The Bertz CT molecular complexity index is 1210. The van der Waals surface area contributed by atoms with Crippen molar-refractivity contribution < 1.29 is 9.21 Å². The number of aromatic amines is 1. The van der Waals surface area contributed by atoms with Crippen LogP contribution in [-0.4, -0.2) is 16.1 Å². The largest absolute Gasteiger partial charge is 0.464 e. The number of amides is 1. The van der Waals surface area contributed by atoms with Gasteiger partial charge in [0.15, 0.2) is 0 Å². The zero-order valence-corrected chi connectivity index (χ0v) is 14.7. The molecule has 8 heteroatoms. The summed E-state index contributed by atoms with van der Waals surface area (Å²) in [6, 6.07) is 10.2. The molecule has 2 N–H and O–H groups in total. The average Bonchev–Trinajstić information content (AvgIpc) is 3.07. The molecule has 26 heavy (non-hydrogen) atoms. The van der Waals surface area contributed by atoms with Crippen LogP contribution in [0.5, 0.6) is 0 Å². The number of hydrogen-bond donors (Lipinski definition) is 2. The number of rotatable bonds is 3. The molecule has 0 aliphatic heterocycles. The summed E-state index contributed by atoms with van der Waals surface area (Å²) in [5, 5.41) is 11.4. The molecule has 0 aliphatic carbocycles. The maximum Gasteiger partial charge on any atom is 0.272 e. The smallest absolute Gasteiger partial charge is 0.272 e. The summed E-state index contributed by atoms with van der Waals surface area (Å²) >= 11 is 12.0. The number of aromatic nitrogens is 2. The fourth-order valence-electron chi connectivity index (χ4n) is 2.75. The highest BCUT2D eigenvalue weighted by molar-refractivity contribution is 6.42. The molecule has 0 unspecified atom stereocenters. The number of benzene rings is 2. The lowest BCUT2D eigenvalue weighted by molar-refractivity contribution is -0.115. The first-order valence-corrected chi connectivity index (χ1v) is 8.40. The van der Waals surface area contributed by atoms with Crippen molar-refractivity contribution in [2.45, 2.75) is 6.42 Å². The molecule has 0 atom stereocenters. The lowest BCUT2D eigenvalue weighted by Gasteiger charge is -2.08. The molecule has 0 fully saturated rings. The van der Waals surface area contributed by atoms with Crippen LogP contribution < -0.4 is 10.9 Å². The number of anilines is 1. The maximum absolute atomic E-state index is 12.4. The molecule has 4 rings (SSSR count). The molecule has 0 saturated carbocycles. The number of fused-ring (bicyclic) bond motifs is 2. The number of carbonyl (C=O) groups excluding carboxylic acids is 1. The van der Waals surface area contributed by atoms with Crippen LogP contribution in [0.2, 0.25) is 10.0 Å². The van der Waals surface area contributed by atoms with Crippen molar-refractivity contribution in [1.82, 2.24) is 10.2 Å². The van der Waals surface area contributed by atoms with Crippen LogP contribution in [0.25, 0.3) is 21.7 Å². The van der Waals surface area contributed by atoms with E-state index in [2.05, 4.69) is 15.5 Å². The highest BCUT2D eigenvalue weighted by Crippen LogP contribution is 2.27. The van der Waals surface area contributed by atoms with Crippen LogP contribution in [0, 0.1) is 0 Å². The van der Waals surface area contributed by atoms with Crippen LogP contribution >= 0.6 is 23.2 Å². The SMILES string of the molecule is O=C(Cc1n[nH]c(=O)c2cc(Cl)c(Cl)cc12)Nc1ccc2occc2c1. The minimum Gasteiger partial charge on any atom is -0.464 e. The van der Waals surface area contributed by atoms with Crippen LogP contribution in [0.15, 0.2) is 51.9 Å². The van der Waals surface area contributed by atoms with Crippen molar-refractivity contribution in [3.63, 3.8) is 0 Å². The quantitative estimate of drug-likeness (QED) is 0.552. The van der Waals surface area contributed by atoms with Crippen LogP contribution in [-0.2, 0) is 11.2 Å². The predicted molar refractivity (Wildman–Crippen MR) is 101 cm³/mol. The van der Waals surface area contributed by atoms with E-state index >= 15 is 0 Å². The first kappa shape index (κ1) is 16.6. The second-order valence-corrected chi connectivity index (χ2v) is 6.52. The van der Waals surface area contributed by atoms with Crippen molar-refractivity contribution in [3.05, 3.63) is 68.8 Å². The van der Waals surface area contributed by atoms with Gasteiger partial charge in [0.2, 0.25) is 5.91 Å². The van der Waals surface area contributed by atoms with Crippen molar-refractivity contribution in [1.29, 1.82) is 0 Å². The highest BCUT2D eigenvalue weighted by Gasteiger charge is 2.14. The third-order valence-corrected chi connectivity index (χ3v) is 4.69. The molecule has 0 aliphatic rings. The Morgan fingerprint density at radius 2 is 1.88 bits per heavy atom. The number of carbonyl (C=O) groups is 1. The van der Waals surface area contributed by atoms with E-state index in [1.54, 1.807) is 24.5 Å². The number of nitrogens with one attached hydrogen (secondary N) is 2. The van der Waals surface area contributed by atoms with Gasteiger partial charge >= 0.3 is 0 Å². The van der Waals surface area contributed by atoms with Crippen LogP contribution in [0.3, 0.4) is 0 Å². The first-order chi connectivity index (χ1) is 12.5. The standard InChI is InChI=1S/C18H11Cl2N3O3/c19-13-6-11-12(7-14(13)20)18(25)23-22-15(11)8-17(24)21-10-1-2-16-9(5-10)3-4-26-16/h1-7H,8H2,(H,21,24)(H,23,25). The summed E-state index contributed by atoms with van der Waals surface area (Å²) in [5.41, 5.74) is 1.38.